The fourth-order valence-corrected chi connectivity index (χ4v) is 2.27. The molecule has 1 aromatic rings. The molecule has 0 aromatic heterocycles. The van der Waals surface area contributed by atoms with Crippen molar-refractivity contribution >= 4 is 5.96 Å². The van der Waals surface area contributed by atoms with Gasteiger partial charge in [-0.25, -0.2) is 4.99 Å². The summed E-state index contributed by atoms with van der Waals surface area (Å²) in [6.45, 7) is 10.7. The topological polar surface area (TPSA) is 45.7 Å². The van der Waals surface area contributed by atoms with Crippen LogP contribution in [-0.4, -0.2) is 24.7 Å². The van der Waals surface area contributed by atoms with Crippen molar-refractivity contribution in [3.8, 4) is 0 Å². The summed E-state index contributed by atoms with van der Waals surface area (Å²) in [7, 11) is 0. The Morgan fingerprint density at radius 1 is 1.36 bits per heavy atom. The lowest BCUT2D eigenvalue weighted by Crippen LogP contribution is -2.39. The first-order chi connectivity index (χ1) is 10.6. The lowest BCUT2D eigenvalue weighted by molar-refractivity contribution is 0.0657. The largest absolute Gasteiger partial charge is 0.374 e. The van der Waals surface area contributed by atoms with E-state index in [-0.39, 0.29) is 6.10 Å². The Morgan fingerprint density at radius 3 is 2.73 bits per heavy atom. The molecule has 122 valence electrons. The third kappa shape index (κ3) is 5.68. The summed E-state index contributed by atoms with van der Waals surface area (Å²) in [6, 6.07) is 9.06. The summed E-state index contributed by atoms with van der Waals surface area (Å²) >= 11 is 0. The molecule has 4 heteroatoms. The first-order valence-electron chi connectivity index (χ1n) is 8.32. The van der Waals surface area contributed by atoms with Crippen LogP contribution in [0.3, 0.4) is 0 Å². The zero-order chi connectivity index (χ0) is 15.9. The predicted octanol–water partition coefficient (Wildman–Crippen LogP) is 3.08. The van der Waals surface area contributed by atoms with Gasteiger partial charge in [0.2, 0.25) is 0 Å². The van der Waals surface area contributed by atoms with E-state index in [2.05, 4.69) is 67.6 Å². The van der Waals surface area contributed by atoms with Crippen LogP contribution in [0.1, 0.15) is 45.2 Å². The molecular weight excluding hydrogens is 274 g/mol. The minimum absolute atomic E-state index is 0.256. The van der Waals surface area contributed by atoms with Crippen LogP contribution in [0.4, 0.5) is 0 Å². The van der Waals surface area contributed by atoms with Crippen LogP contribution in [0.5, 0.6) is 0 Å². The normalized spacial score (nSPS) is 21.0. The van der Waals surface area contributed by atoms with E-state index < -0.39 is 0 Å². The van der Waals surface area contributed by atoms with Crippen LogP contribution in [0.2, 0.25) is 0 Å². The van der Waals surface area contributed by atoms with Crippen LogP contribution < -0.4 is 10.6 Å². The van der Waals surface area contributed by atoms with Gasteiger partial charge in [-0.15, -0.1) is 0 Å². The number of hydrogen-bond donors (Lipinski definition) is 2. The molecule has 2 rings (SSSR count). The Kier molecular flexibility index (Phi) is 6.25. The maximum Gasteiger partial charge on any atom is 0.191 e. The van der Waals surface area contributed by atoms with Gasteiger partial charge in [-0.2, -0.15) is 0 Å². The molecule has 0 saturated heterocycles. The van der Waals surface area contributed by atoms with E-state index in [0.717, 1.165) is 18.4 Å². The number of nitrogens with zero attached hydrogens (tertiary/aromatic N) is 1. The number of aliphatic imine (C=N–C) groups is 1. The second-order valence-electron chi connectivity index (χ2n) is 6.34. The number of nitrogens with one attached hydrogen (secondary N) is 2. The molecule has 0 heterocycles. The van der Waals surface area contributed by atoms with Crippen LogP contribution in [-0.2, 0) is 17.9 Å². The highest BCUT2D eigenvalue weighted by Crippen LogP contribution is 2.28. The molecule has 1 saturated carbocycles. The van der Waals surface area contributed by atoms with Crippen molar-refractivity contribution in [2.45, 2.75) is 59.4 Å². The van der Waals surface area contributed by atoms with E-state index in [1.165, 1.54) is 17.5 Å². The first kappa shape index (κ1) is 16.8. The third-order valence-electron chi connectivity index (χ3n) is 3.77. The van der Waals surface area contributed by atoms with Crippen LogP contribution in [0.15, 0.2) is 29.3 Å². The van der Waals surface area contributed by atoms with Gasteiger partial charge in [0.25, 0.3) is 0 Å². The second-order valence-corrected chi connectivity index (χ2v) is 6.34. The SMILES string of the molecule is CCNC(=NCc1cccc(COC(C)C)c1)NC1CC1C. The van der Waals surface area contributed by atoms with Gasteiger partial charge in [-0.3, -0.25) is 0 Å². The zero-order valence-electron chi connectivity index (χ0n) is 14.2. The summed E-state index contributed by atoms with van der Waals surface area (Å²) in [4.78, 5) is 4.69. The van der Waals surface area contributed by atoms with Gasteiger partial charge >= 0.3 is 0 Å². The van der Waals surface area contributed by atoms with Crippen LogP contribution in [0.25, 0.3) is 0 Å². The van der Waals surface area contributed by atoms with Gasteiger partial charge in [-0.05, 0) is 44.2 Å². The molecule has 0 aliphatic heterocycles. The smallest absolute Gasteiger partial charge is 0.191 e. The fourth-order valence-electron chi connectivity index (χ4n) is 2.27. The van der Waals surface area contributed by atoms with Gasteiger partial charge < -0.3 is 15.4 Å². The molecule has 1 fully saturated rings. The summed E-state index contributed by atoms with van der Waals surface area (Å²) < 4.78 is 5.66. The Bertz CT molecular complexity index is 499. The monoisotopic (exact) mass is 303 g/mol. The molecule has 1 aliphatic carbocycles. The number of benzene rings is 1. The van der Waals surface area contributed by atoms with Crippen molar-refractivity contribution < 1.29 is 4.74 Å². The summed E-state index contributed by atoms with van der Waals surface area (Å²) in [5.41, 5.74) is 2.42. The molecule has 0 bridgehead atoms. The fraction of sp³-hybridized carbons (Fsp3) is 0.611. The van der Waals surface area contributed by atoms with Gasteiger partial charge in [-0.1, -0.05) is 31.2 Å². The number of hydrogen-bond acceptors (Lipinski definition) is 2. The molecule has 2 N–H and O–H groups in total. The van der Waals surface area contributed by atoms with E-state index in [1.54, 1.807) is 0 Å². The highest BCUT2D eigenvalue weighted by Gasteiger charge is 2.33. The highest BCUT2D eigenvalue weighted by molar-refractivity contribution is 5.80. The average molecular weight is 303 g/mol. The molecule has 2 unspecified atom stereocenters. The summed E-state index contributed by atoms with van der Waals surface area (Å²) in [5, 5.41) is 6.79. The summed E-state index contributed by atoms with van der Waals surface area (Å²) in [5.74, 6) is 1.68. The average Bonchev–Trinajstić information content (AvgIpc) is 3.18. The van der Waals surface area contributed by atoms with Gasteiger partial charge in [0.05, 0.1) is 19.3 Å². The molecule has 4 nitrogen and oxygen atoms in total. The molecule has 2 atom stereocenters. The Balaban J connectivity index is 1.92. The van der Waals surface area contributed by atoms with E-state index >= 15 is 0 Å². The predicted molar refractivity (Wildman–Crippen MR) is 91.9 cm³/mol. The van der Waals surface area contributed by atoms with Gasteiger partial charge in [0.15, 0.2) is 5.96 Å². The maximum atomic E-state index is 5.66. The number of ether oxygens (including phenoxy) is 1. The van der Waals surface area contributed by atoms with Gasteiger partial charge in [0, 0.05) is 12.6 Å². The molecular formula is C18H29N3O. The van der Waals surface area contributed by atoms with Crippen molar-refractivity contribution in [1.82, 2.24) is 10.6 Å². The second kappa shape index (κ2) is 8.18. The van der Waals surface area contributed by atoms with Crippen molar-refractivity contribution in [1.29, 1.82) is 0 Å². The lowest BCUT2D eigenvalue weighted by Gasteiger charge is -2.11. The zero-order valence-corrected chi connectivity index (χ0v) is 14.2. The minimum Gasteiger partial charge on any atom is -0.374 e. The van der Waals surface area contributed by atoms with E-state index in [4.69, 9.17) is 4.74 Å². The molecule has 0 radical (unpaired) electrons. The van der Waals surface area contributed by atoms with E-state index in [9.17, 15) is 0 Å². The number of rotatable bonds is 7. The van der Waals surface area contributed by atoms with Crippen molar-refractivity contribution in [2.75, 3.05) is 6.54 Å². The van der Waals surface area contributed by atoms with Crippen molar-refractivity contribution in [2.24, 2.45) is 10.9 Å². The number of guanidine groups is 1. The standard InChI is InChI=1S/C18H29N3O/c1-5-19-18(21-17-9-14(17)4)20-11-15-7-6-8-16(10-15)12-22-13(2)3/h6-8,10,13-14,17H,5,9,11-12H2,1-4H3,(H2,19,20,21). The molecule has 1 aliphatic rings. The summed E-state index contributed by atoms with van der Waals surface area (Å²) in [6.07, 6.45) is 1.50. The highest BCUT2D eigenvalue weighted by atomic mass is 16.5. The quantitative estimate of drug-likeness (QED) is 0.601. The first-order valence-corrected chi connectivity index (χ1v) is 8.32. The maximum absolute atomic E-state index is 5.66. The van der Waals surface area contributed by atoms with E-state index in [1.807, 2.05) is 0 Å². The minimum atomic E-state index is 0.256. The van der Waals surface area contributed by atoms with Gasteiger partial charge in [0.1, 0.15) is 0 Å². The molecule has 1 aromatic carbocycles. The van der Waals surface area contributed by atoms with Crippen LogP contribution in [0, 0.1) is 5.92 Å². The third-order valence-corrected chi connectivity index (χ3v) is 3.77. The molecule has 22 heavy (non-hydrogen) atoms. The van der Waals surface area contributed by atoms with Crippen molar-refractivity contribution in [3.05, 3.63) is 35.4 Å². The lowest BCUT2D eigenvalue weighted by atomic mass is 10.1. The van der Waals surface area contributed by atoms with E-state index in [0.29, 0.717) is 19.2 Å². The van der Waals surface area contributed by atoms with Crippen LogP contribution >= 0.6 is 0 Å². The molecule has 0 spiro atoms. The van der Waals surface area contributed by atoms with Crippen molar-refractivity contribution in [3.63, 3.8) is 0 Å². The Morgan fingerprint density at radius 2 is 2.09 bits per heavy atom. The Labute approximate surface area is 134 Å². The molecule has 0 amide bonds. The Hall–Kier alpha value is -1.55.